The molecule has 17 heavy (non-hydrogen) atoms. The van der Waals surface area contributed by atoms with Crippen molar-refractivity contribution in [2.45, 2.75) is 6.42 Å². The van der Waals surface area contributed by atoms with Crippen molar-refractivity contribution in [1.29, 1.82) is 0 Å². The number of anilines is 1. The van der Waals surface area contributed by atoms with E-state index in [9.17, 15) is 14.4 Å². The van der Waals surface area contributed by atoms with E-state index in [4.69, 9.17) is 21.8 Å². The molecule has 0 aliphatic heterocycles. The van der Waals surface area contributed by atoms with Crippen LogP contribution in [0.5, 0.6) is 0 Å². The number of benzene rings is 1. The summed E-state index contributed by atoms with van der Waals surface area (Å²) in [5, 5.41) is 19.6. The number of carboxylic acids is 2. The van der Waals surface area contributed by atoms with E-state index in [1.165, 1.54) is 18.2 Å². The zero-order valence-electron chi connectivity index (χ0n) is 8.44. The fourth-order valence-corrected chi connectivity index (χ4v) is 1.31. The zero-order chi connectivity index (χ0) is 13.0. The Labute approximate surface area is 101 Å². The minimum Gasteiger partial charge on any atom is -0.481 e. The van der Waals surface area contributed by atoms with Crippen LogP contribution in [0.1, 0.15) is 16.8 Å². The number of carbonyl (C=O) groups excluding carboxylic acids is 1. The maximum atomic E-state index is 11.2. The fourth-order valence-electron chi connectivity index (χ4n) is 1.14. The molecule has 0 aromatic heterocycles. The summed E-state index contributed by atoms with van der Waals surface area (Å²) >= 11 is 5.65. The van der Waals surface area contributed by atoms with Crippen LogP contribution in [0.25, 0.3) is 0 Å². The molecule has 1 aromatic carbocycles. The van der Waals surface area contributed by atoms with E-state index < -0.39 is 24.3 Å². The number of carboxylic acid groups (broad SMARTS) is 2. The molecular weight excluding hydrogens is 250 g/mol. The predicted molar refractivity (Wildman–Crippen MR) is 59.3 cm³/mol. The summed E-state index contributed by atoms with van der Waals surface area (Å²) in [7, 11) is 0. The van der Waals surface area contributed by atoms with Crippen molar-refractivity contribution < 1.29 is 24.6 Å². The van der Waals surface area contributed by atoms with E-state index >= 15 is 0 Å². The molecule has 0 fully saturated rings. The lowest BCUT2D eigenvalue weighted by Crippen LogP contribution is -2.17. The Hall–Kier alpha value is -2.08. The molecule has 0 spiro atoms. The Morgan fingerprint density at radius 3 is 2.41 bits per heavy atom. The number of hydrogen-bond acceptors (Lipinski definition) is 3. The number of aliphatic carboxylic acids is 1. The van der Waals surface area contributed by atoms with E-state index in [2.05, 4.69) is 5.32 Å². The quantitative estimate of drug-likeness (QED) is 0.708. The molecular formula is C10H8ClNO5. The number of nitrogens with one attached hydrogen (secondary N) is 1. The monoisotopic (exact) mass is 257 g/mol. The average Bonchev–Trinajstić information content (AvgIpc) is 2.15. The summed E-state index contributed by atoms with van der Waals surface area (Å²) in [4.78, 5) is 32.3. The first-order valence-electron chi connectivity index (χ1n) is 4.44. The molecule has 6 nitrogen and oxygen atoms in total. The van der Waals surface area contributed by atoms with Crippen LogP contribution in [0.4, 0.5) is 5.69 Å². The Bertz CT molecular complexity index is 486. The smallest absolute Gasteiger partial charge is 0.337 e. The molecule has 0 saturated heterocycles. The second-order valence-electron chi connectivity index (χ2n) is 3.11. The molecule has 3 N–H and O–H groups in total. The zero-order valence-corrected chi connectivity index (χ0v) is 9.19. The van der Waals surface area contributed by atoms with Gasteiger partial charge in [0.25, 0.3) is 0 Å². The Morgan fingerprint density at radius 2 is 1.88 bits per heavy atom. The highest BCUT2D eigenvalue weighted by molar-refractivity contribution is 6.31. The van der Waals surface area contributed by atoms with E-state index in [0.717, 1.165) is 0 Å². The van der Waals surface area contributed by atoms with Crippen LogP contribution in [0.2, 0.25) is 5.02 Å². The molecule has 1 aromatic rings. The van der Waals surface area contributed by atoms with Gasteiger partial charge in [0, 0.05) is 5.02 Å². The lowest BCUT2D eigenvalue weighted by molar-refractivity contribution is -0.139. The Balaban J connectivity index is 2.96. The summed E-state index contributed by atoms with van der Waals surface area (Å²) in [5.74, 6) is -3.36. The first-order chi connectivity index (χ1) is 7.90. The predicted octanol–water partition coefficient (Wildman–Crippen LogP) is 1.45. The van der Waals surface area contributed by atoms with Crippen molar-refractivity contribution >= 4 is 35.1 Å². The molecule has 0 aliphatic carbocycles. The first kappa shape index (κ1) is 13.0. The number of rotatable bonds is 4. The van der Waals surface area contributed by atoms with Gasteiger partial charge in [-0.1, -0.05) is 11.6 Å². The molecule has 90 valence electrons. The number of hydrogen-bond donors (Lipinski definition) is 3. The van der Waals surface area contributed by atoms with Gasteiger partial charge in [0.15, 0.2) is 0 Å². The van der Waals surface area contributed by atoms with Crippen LogP contribution >= 0.6 is 11.6 Å². The van der Waals surface area contributed by atoms with Gasteiger partial charge in [0.1, 0.15) is 6.42 Å². The highest BCUT2D eigenvalue weighted by Crippen LogP contribution is 2.21. The van der Waals surface area contributed by atoms with Gasteiger partial charge in [0.05, 0.1) is 11.3 Å². The van der Waals surface area contributed by atoms with Gasteiger partial charge in [-0.25, -0.2) is 4.79 Å². The second kappa shape index (κ2) is 5.31. The number of amides is 1. The van der Waals surface area contributed by atoms with E-state index in [1.807, 2.05) is 0 Å². The number of carbonyl (C=O) groups is 3. The van der Waals surface area contributed by atoms with Gasteiger partial charge in [-0.05, 0) is 18.2 Å². The summed E-state index contributed by atoms with van der Waals surface area (Å²) in [6.45, 7) is 0. The molecule has 0 aliphatic rings. The van der Waals surface area contributed by atoms with Gasteiger partial charge in [-0.15, -0.1) is 0 Å². The Morgan fingerprint density at radius 1 is 1.24 bits per heavy atom. The third kappa shape index (κ3) is 3.76. The molecule has 0 bridgehead atoms. The summed E-state index contributed by atoms with van der Waals surface area (Å²) < 4.78 is 0. The lowest BCUT2D eigenvalue weighted by Gasteiger charge is -2.07. The number of aromatic carboxylic acids is 1. The van der Waals surface area contributed by atoms with Crippen molar-refractivity contribution in [3.8, 4) is 0 Å². The highest BCUT2D eigenvalue weighted by Gasteiger charge is 2.14. The van der Waals surface area contributed by atoms with Crippen LogP contribution in [-0.4, -0.2) is 28.1 Å². The largest absolute Gasteiger partial charge is 0.481 e. The van der Waals surface area contributed by atoms with Crippen molar-refractivity contribution in [3.05, 3.63) is 28.8 Å². The molecule has 1 rings (SSSR count). The van der Waals surface area contributed by atoms with Crippen LogP contribution in [0.3, 0.4) is 0 Å². The topological polar surface area (TPSA) is 104 Å². The lowest BCUT2D eigenvalue weighted by atomic mass is 10.1. The highest BCUT2D eigenvalue weighted by atomic mass is 35.5. The van der Waals surface area contributed by atoms with E-state index in [1.54, 1.807) is 0 Å². The van der Waals surface area contributed by atoms with Crippen LogP contribution in [-0.2, 0) is 9.59 Å². The van der Waals surface area contributed by atoms with Gasteiger partial charge in [-0.3, -0.25) is 9.59 Å². The second-order valence-corrected chi connectivity index (χ2v) is 3.55. The van der Waals surface area contributed by atoms with Gasteiger partial charge in [-0.2, -0.15) is 0 Å². The normalized spacial score (nSPS) is 9.71. The van der Waals surface area contributed by atoms with Crippen LogP contribution in [0.15, 0.2) is 18.2 Å². The molecule has 0 unspecified atom stereocenters. The van der Waals surface area contributed by atoms with Gasteiger partial charge >= 0.3 is 11.9 Å². The average molecular weight is 258 g/mol. The minimum atomic E-state index is -1.30. The fraction of sp³-hybridized carbons (Fsp3) is 0.100. The molecule has 7 heteroatoms. The molecule has 0 saturated carbocycles. The van der Waals surface area contributed by atoms with E-state index in [0.29, 0.717) is 0 Å². The van der Waals surface area contributed by atoms with Crippen molar-refractivity contribution in [2.24, 2.45) is 0 Å². The molecule has 1 amide bonds. The molecule has 0 heterocycles. The van der Waals surface area contributed by atoms with Gasteiger partial charge < -0.3 is 15.5 Å². The Kier molecular flexibility index (Phi) is 4.06. The maximum absolute atomic E-state index is 11.2. The van der Waals surface area contributed by atoms with Crippen molar-refractivity contribution in [1.82, 2.24) is 0 Å². The third-order valence-electron chi connectivity index (χ3n) is 1.80. The van der Waals surface area contributed by atoms with Gasteiger partial charge in [0.2, 0.25) is 5.91 Å². The number of halogens is 1. The standard InChI is InChI=1S/C10H8ClNO5/c11-5-1-2-6(10(16)17)7(3-5)12-8(13)4-9(14)15/h1-3H,4H2,(H,12,13)(H,14,15)(H,16,17). The van der Waals surface area contributed by atoms with Crippen LogP contribution < -0.4 is 5.32 Å². The molecule has 0 radical (unpaired) electrons. The van der Waals surface area contributed by atoms with E-state index in [-0.39, 0.29) is 16.3 Å². The summed E-state index contributed by atoms with van der Waals surface area (Å²) in [6.07, 6.45) is -0.744. The van der Waals surface area contributed by atoms with Crippen LogP contribution in [0, 0.1) is 0 Å². The molecule has 0 atom stereocenters. The summed E-state index contributed by atoms with van der Waals surface area (Å²) in [5.41, 5.74) is -0.190. The first-order valence-corrected chi connectivity index (χ1v) is 4.82. The van der Waals surface area contributed by atoms with Crippen molar-refractivity contribution in [3.63, 3.8) is 0 Å². The maximum Gasteiger partial charge on any atom is 0.337 e. The minimum absolute atomic E-state index is 0.0312. The summed E-state index contributed by atoms with van der Waals surface area (Å²) in [6, 6.07) is 3.82. The SMILES string of the molecule is O=C(O)CC(=O)Nc1cc(Cl)ccc1C(=O)O. The van der Waals surface area contributed by atoms with Crippen molar-refractivity contribution in [2.75, 3.05) is 5.32 Å². The third-order valence-corrected chi connectivity index (χ3v) is 2.03.